The van der Waals surface area contributed by atoms with Gasteiger partial charge in [-0.1, -0.05) is 78.9 Å². The van der Waals surface area contributed by atoms with E-state index in [4.69, 9.17) is 18.0 Å². The molecule has 0 aliphatic rings. The molecule has 0 aliphatic heterocycles. The van der Waals surface area contributed by atoms with Crippen LogP contribution in [-0.2, 0) is 0 Å². The lowest BCUT2D eigenvalue weighted by atomic mass is 9.97. The second kappa shape index (κ2) is 8.18. The molecule has 4 nitrogen and oxygen atoms in total. The van der Waals surface area contributed by atoms with E-state index in [1.54, 1.807) is 18.2 Å². The Labute approximate surface area is 157 Å². The highest BCUT2D eigenvalue weighted by Gasteiger charge is 2.12. The molecule has 128 valence electrons. The van der Waals surface area contributed by atoms with E-state index < -0.39 is 0 Å². The van der Waals surface area contributed by atoms with Crippen LogP contribution in [0.5, 0.6) is 0 Å². The summed E-state index contributed by atoms with van der Waals surface area (Å²) in [5.74, 6) is -0.0397. The quantitative estimate of drug-likeness (QED) is 0.317. The number of carbonyl (C=O) groups is 1. The molecule has 26 heavy (non-hydrogen) atoms. The van der Waals surface area contributed by atoms with Crippen LogP contribution in [0.2, 0.25) is 0 Å². The zero-order chi connectivity index (χ0) is 18.4. The SMILES string of the molecule is NC(=S)N/N=C(\c1ccccc1)c1cccc(C(=O)c2ccccc2)c1. The topological polar surface area (TPSA) is 67.5 Å². The van der Waals surface area contributed by atoms with Crippen LogP contribution in [-0.4, -0.2) is 16.6 Å². The normalized spacial score (nSPS) is 11.0. The number of hydrogen-bond acceptors (Lipinski definition) is 3. The summed E-state index contributed by atoms with van der Waals surface area (Å²) >= 11 is 4.85. The van der Waals surface area contributed by atoms with Gasteiger partial charge in [-0.3, -0.25) is 10.2 Å². The molecule has 0 spiro atoms. The monoisotopic (exact) mass is 359 g/mol. The molecular formula is C21H17N3OS. The van der Waals surface area contributed by atoms with E-state index in [2.05, 4.69) is 10.5 Å². The summed E-state index contributed by atoms with van der Waals surface area (Å²) in [6, 6.07) is 26.2. The van der Waals surface area contributed by atoms with Crippen molar-refractivity contribution in [1.29, 1.82) is 0 Å². The predicted octanol–water partition coefficient (Wildman–Crippen LogP) is 3.50. The van der Waals surface area contributed by atoms with Crippen LogP contribution in [0.1, 0.15) is 27.0 Å². The van der Waals surface area contributed by atoms with Gasteiger partial charge in [-0.2, -0.15) is 5.10 Å². The Morgan fingerprint density at radius 3 is 1.92 bits per heavy atom. The third-order valence-electron chi connectivity index (χ3n) is 3.76. The van der Waals surface area contributed by atoms with Gasteiger partial charge in [-0.15, -0.1) is 0 Å². The van der Waals surface area contributed by atoms with Crippen molar-refractivity contribution in [3.63, 3.8) is 0 Å². The minimum Gasteiger partial charge on any atom is -0.375 e. The number of hydrazone groups is 1. The fourth-order valence-electron chi connectivity index (χ4n) is 2.57. The average molecular weight is 359 g/mol. The van der Waals surface area contributed by atoms with E-state index in [-0.39, 0.29) is 10.9 Å². The third-order valence-corrected chi connectivity index (χ3v) is 3.85. The molecule has 0 atom stereocenters. The Morgan fingerprint density at radius 2 is 1.31 bits per heavy atom. The lowest BCUT2D eigenvalue weighted by molar-refractivity contribution is 0.103. The maximum Gasteiger partial charge on any atom is 0.193 e. The molecule has 0 fully saturated rings. The highest BCUT2D eigenvalue weighted by molar-refractivity contribution is 7.80. The second-order valence-corrected chi connectivity index (χ2v) is 6.02. The van der Waals surface area contributed by atoms with Gasteiger partial charge in [0.1, 0.15) is 0 Å². The first-order valence-electron chi connectivity index (χ1n) is 8.04. The van der Waals surface area contributed by atoms with Crippen molar-refractivity contribution in [3.8, 4) is 0 Å². The van der Waals surface area contributed by atoms with Gasteiger partial charge in [0.05, 0.1) is 5.71 Å². The van der Waals surface area contributed by atoms with Crippen molar-refractivity contribution in [3.05, 3.63) is 107 Å². The van der Waals surface area contributed by atoms with Crippen molar-refractivity contribution >= 4 is 28.8 Å². The molecule has 0 saturated carbocycles. The molecule has 0 aliphatic carbocycles. The van der Waals surface area contributed by atoms with Gasteiger partial charge in [0.25, 0.3) is 0 Å². The summed E-state index contributed by atoms with van der Waals surface area (Å²) in [5, 5.41) is 4.40. The van der Waals surface area contributed by atoms with Gasteiger partial charge < -0.3 is 5.73 Å². The summed E-state index contributed by atoms with van der Waals surface area (Å²) in [7, 11) is 0. The molecule has 0 aromatic heterocycles. The second-order valence-electron chi connectivity index (χ2n) is 5.58. The lowest BCUT2D eigenvalue weighted by Gasteiger charge is -2.09. The Balaban J connectivity index is 2.02. The Kier molecular flexibility index (Phi) is 5.51. The van der Waals surface area contributed by atoms with Crippen molar-refractivity contribution in [1.82, 2.24) is 5.43 Å². The number of carbonyl (C=O) groups excluding carboxylic acids is 1. The number of benzene rings is 3. The Morgan fingerprint density at radius 1 is 0.769 bits per heavy atom. The van der Waals surface area contributed by atoms with Crippen molar-refractivity contribution in [2.75, 3.05) is 0 Å². The van der Waals surface area contributed by atoms with Gasteiger partial charge in [0.15, 0.2) is 10.9 Å². The zero-order valence-electron chi connectivity index (χ0n) is 13.9. The number of hydrogen-bond donors (Lipinski definition) is 2. The summed E-state index contributed by atoms with van der Waals surface area (Å²) in [6.07, 6.45) is 0. The highest BCUT2D eigenvalue weighted by atomic mass is 32.1. The van der Waals surface area contributed by atoms with Crippen molar-refractivity contribution < 1.29 is 4.79 Å². The standard InChI is InChI=1S/C21H17N3OS/c22-21(26)24-23-19(15-8-3-1-4-9-15)17-12-7-13-18(14-17)20(25)16-10-5-2-6-11-16/h1-14H,(H3,22,24,26)/b23-19+. The first-order chi connectivity index (χ1) is 12.6. The lowest BCUT2D eigenvalue weighted by Crippen LogP contribution is -2.26. The predicted molar refractivity (Wildman–Crippen MR) is 108 cm³/mol. The molecule has 5 heteroatoms. The van der Waals surface area contributed by atoms with Gasteiger partial charge >= 0.3 is 0 Å². The maximum absolute atomic E-state index is 12.7. The first-order valence-corrected chi connectivity index (χ1v) is 8.45. The van der Waals surface area contributed by atoms with Gasteiger partial charge in [-0.05, 0) is 18.3 Å². The number of rotatable bonds is 5. The summed E-state index contributed by atoms with van der Waals surface area (Å²) < 4.78 is 0. The minimum absolute atomic E-state index is 0.0397. The van der Waals surface area contributed by atoms with Gasteiger partial charge in [0, 0.05) is 22.3 Å². The molecule has 0 radical (unpaired) electrons. The molecule has 0 heterocycles. The largest absolute Gasteiger partial charge is 0.375 e. The third kappa shape index (κ3) is 4.20. The fourth-order valence-corrected chi connectivity index (χ4v) is 2.61. The molecule has 0 saturated heterocycles. The molecule has 0 bridgehead atoms. The van der Waals surface area contributed by atoms with Crippen LogP contribution in [0.15, 0.2) is 90.0 Å². The molecule has 0 amide bonds. The molecule has 0 unspecified atom stereocenters. The molecule has 3 rings (SSSR count). The van der Waals surface area contributed by atoms with Gasteiger partial charge in [-0.25, -0.2) is 0 Å². The Bertz CT molecular complexity index is 953. The average Bonchev–Trinajstić information content (AvgIpc) is 2.69. The highest BCUT2D eigenvalue weighted by Crippen LogP contribution is 2.16. The van der Waals surface area contributed by atoms with E-state index >= 15 is 0 Å². The Hall–Kier alpha value is -3.31. The first kappa shape index (κ1) is 17.5. The number of thiocarbonyl (C=S) groups is 1. The van der Waals surface area contributed by atoms with Crippen LogP contribution in [0.25, 0.3) is 0 Å². The number of ketones is 1. The van der Waals surface area contributed by atoms with E-state index in [1.165, 1.54) is 0 Å². The van der Waals surface area contributed by atoms with E-state index in [1.807, 2.05) is 66.7 Å². The zero-order valence-corrected chi connectivity index (χ0v) is 14.7. The minimum atomic E-state index is -0.0397. The van der Waals surface area contributed by atoms with Crippen LogP contribution in [0.4, 0.5) is 0 Å². The molecule has 3 aromatic carbocycles. The summed E-state index contributed by atoms with van der Waals surface area (Å²) in [6.45, 7) is 0. The maximum atomic E-state index is 12.7. The van der Waals surface area contributed by atoms with Crippen LogP contribution >= 0.6 is 12.2 Å². The molecular weight excluding hydrogens is 342 g/mol. The molecule has 3 aromatic rings. The number of nitrogens with one attached hydrogen (secondary N) is 1. The van der Waals surface area contributed by atoms with Gasteiger partial charge in [0.2, 0.25) is 0 Å². The van der Waals surface area contributed by atoms with Crippen molar-refractivity contribution in [2.45, 2.75) is 0 Å². The van der Waals surface area contributed by atoms with E-state index in [0.717, 1.165) is 11.1 Å². The van der Waals surface area contributed by atoms with Crippen LogP contribution < -0.4 is 11.2 Å². The smallest absolute Gasteiger partial charge is 0.193 e. The van der Waals surface area contributed by atoms with E-state index in [0.29, 0.717) is 16.8 Å². The number of nitrogens with zero attached hydrogens (tertiary/aromatic N) is 1. The summed E-state index contributed by atoms with van der Waals surface area (Å²) in [5.41, 5.74) is 11.7. The van der Waals surface area contributed by atoms with Crippen LogP contribution in [0.3, 0.4) is 0 Å². The number of nitrogens with two attached hydrogens (primary N) is 1. The van der Waals surface area contributed by atoms with E-state index in [9.17, 15) is 4.79 Å². The summed E-state index contributed by atoms with van der Waals surface area (Å²) in [4.78, 5) is 12.7. The van der Waals surface area contributed by atoms with Crippen molar-refractivity contribution in [2.24, 2.45) is 10.8 Å². The molecule has 3 N–H and O–H groups in total. The van der Waals surface area contributed by atoms with Crippen LogP contribution in [0, 0.1) is 0 Å². The fraction of sp³-hybridized carbons (Fsp3) is 0.